The van der Waals surface area contributed by atoms with Gasteiger partial charge in [0.15, 0.2) is 0 Å². The predicted octanol–water partition coefficient (Wildman–Crippen LogP) is -0.202. The van der Waals surface area contributed by atoms with Crippen LogP contribution in [0.15, 0.2) is 59.5 Å². The number of hydrogen-bond donors (Lipinski definition) is 6. The van der Waals surface area contributed by atoms with Crippen molar-refractivity contribution in [2.24, 2.45) is 0 Å². The summed E-state index contributed by atoms with van der Waals surface area (Å²) in [6, 6.07) is 12.6. The molecule has 1 fully saturated rings. The molecule has 1 aromatic heterocycles. The third-order valence-electron chi connectivity index (χ3n) is 6.28. The molecule has 1 aliphatic rings. The maximum Gasteiger partial charge on any atom is 0.353 e. The lowest BCUT2D eigenvalue weighted by Crippen LogP contribution is -2.68. The van der Waals surface area contributed by atoms with Gasteiger partial charge in [0, 0.05) is 18.2 Å². The Bertz CT molecular complexity index is 1320. The molecule has 12 heteroatoms. The van der Waals surface area contributed by atoms with Gasteiger partial charge in [-0.15, -0.1) is 5.06 Å². The van der Waals surface area contributed by atoms with E-state index in [4.69, 9.17) is 10.5 Å². The zero-order valence-corrected chi connectivity index (χ0v) is 19.3. The summed E-state index contributed by atoms with van der Waals surface area (Å²) >= 11 is 0. The van der Waals surface area contributed by atoms with Gasteiger partial charge in [-0.25, -0.2) is 18.7 Å². The van der Waals surface area contributed by atoms with E-state index < -0.39 is 54.3 Å². The molecule has 0 unspecified atom stereocenters. The molecule has 0 spiro atoms. The average molecular weight is 502 g/mol. The van der Waals surface area contributed by atoms with E-state index in [1.165, 1.54) is 18.2 Å². The minimum absolute atomic E-state index is 0.0872. The molecule has 0 radical (unpaired) electrons. The van der Waals surface area contributed by atoms with Gasteiger partial charge in [-0.2, -0.15) is 0 Å². The van der Waals surface area contributed by atoms with Crippen molar-refractivity contribution in [3.63, 3.8) is 0 Å². The first-order valence-corrected chi connectivity index (χ1v) is 11.1. The molecule has 11 nitrogen and oxygen atoms in total. The highest BCUT2D eigenvalue weighted by molar-refractivity contribution is 5.43. The van der Waals surface area contributed by atoms with Crippen LogP contribution in [0.2, 0.25) is 0 Å². The van der Waals surface area contributed by atoms with Crippen LogP contribution in [-0.4, -0.2) is 64.8 Å². The molecule has 7 N–H and O–H groups in total. The number of nitrogens with two attached hydrogens (primary N) is 1. The van der Waals surface area contributed by atoms with Crippen molar-refractivity contribution in [1.82, 2.24) is 14.6 Å². The van der Waals surface area contributed by atoms with E-state index in [1.807, 2.05) is 0 Å². The molecule has 0 aliphatic carbocycles. The SMILES string of the molecule is Cc1cccc(CN(O)[C@@]2(O)[C@H](O)[C@@H](CO)O[C@@]2(O)n2c(N)c(Cc3ccccc3F)cnc2=O)c1. The van der Waals surface area contributed by atoms with Crippen LogP contribution < -0.4 is 11.4 Å². The van der Waals surface area contributed by atoms with Gasteiger partial charge in [-0.3, -0.25) is 0 Å². The molecule has 0 saturated carbocycles. The Balaban J connectivity index is 1.82. The van der Waals surface area contributed by atoms with Crippen molar-refractivity contribution in [1.29, 1.82) is 0 Å². The van der Waals surface area contributed by atoms with Gasteiger partial charge in [0.1, 0.15) is 23.8 Å². The van der Waals surface area contributed by atoms with Gasteiger partial charge in [0.25, 0.3) is 0 Å². The largest absolute Gasteiger partial charge is 0.394 e. The summed E-state index contributed by atoms with van der Waals surface area (Å²) < 4.78 is 20.0. The first-order chi connectivity index (χ1) is 17.0. The Hall–Kier alpha value is -3.23. The van der Waals surface area contributed by atoms with Crippen LogP contribution in [0.1, 0.15) is 22.3 Å². The van der Waals surface area contributed by atoms with Crippen molar-refractivity contribution < 1.29 is 34.8 Å². The fourth-order valence-electron chi connectivity index (χ4n) is 4.37. The normalized spacial score (nSPS) is 26.0. The van der Waals surface area contributed by atoms with E-state index in [2.05, 4.69) is 4.98 Å². The molecule has 2 aromatic carbocycles. The average Bonchev–Trinajstić information content (AvgIpc) is 3.04. The first kappa shape index (κ1) is 25.9. The van der Waals surface area contributed by atoms with E-state index in [0.29, 0.717) is 10.1 Å². The second-order valence-corrected chi connectivity index (χ2v) is 8.72. The monoisotopic (exact) mass is 502 g/mol. The van der Waals surface area contributed by atoms with Gasteiger partial charge in [0.2, 0.25) is 5.72 Å². The quantitative estimate of drug-likeness (QED) is 0.187. The Morgan fingerprint density at radius 3 is 2.58 bits per heavy atom. The highest BCUT2D eigenvalue weighted by atomic mass is 19.1. The molecule has 36 heavy (non-hydrogen) atoms. The Morgan fingerprint density at radius 2 is 1.92 bits per heavy atom. The topological polar surface area (TPSA) is 175 Å². The minimum Gasteiger partial charge on any atom is -0.394 e. The molecule has 4 rings (SSSR count). The van der Waals surface area contributed by atoms with E-state index in [9.17, 15) is 34.8 Å². The number of aryl methyl sites for hydroxylation is 1. The lowest BCUT2D eigenvalue weighted by molar-refractivity contribution is -0.413. The number of halogens is 1. The van der Waals surface area contributed by atoms with Crippen LogP contribution in [0.4, 0.5) is 10.2 Å². The first-order valence-electron chi connectivity index (χ1n) is 11.1. The van der Waals surface area contributed by atoms with Crippen molar-refractivity contribution in [3.8, 4) is 0 Å². The minimum atomic E-state index is -3.21. The molecule has 0 amide bonds. The summed E-state index contributed by atoms with van der Waals surface area (Å²) in [6.45, 7) is 0.496. The number of anilines is 1. The lowest BCUT2D eigenvalue weighted by Gasteiger charge is -2.42. The van der Waals surface area contributed by atoms with E-state index >= 15 is 0 Å². The number of hydroxylamine groups is 2. The third kappa shape index (κ3) is 4.18. The Morgan fingerprint density at radius 1 is 1.19 bits per heavy atom. The maximum atomic E-state index is 14.2. The lowest BCUT2D eigenvalue weighted by atomic mass is 9.99. The predicted molar refractivity (Wildman–Crippen MR) is 124 cm³/mol. The number of aromatic nitrogens is 2. The van der Waals surface area contributed by atoms with Gasteiger partial charge in [-0.05, 0) is 24.1 Å². The molecule has 1 aliphatic heterocycles. The van der Waals surface area contributed by atoms with Crippen LogP contribution >= 0.6 is 0 Å². The van der Waals surface area contributed by atoms with Crippen molar-refractivity contribution in [2.75, 3.05) is 12.3 Å². The fraction of sp³-hybridized carbons (Fsp3) is 0.333. The standard InChI is InChI=1S/C24H27FN4O7/c1-14-5-4-6-15(9-14)12-28(35)23(33)20(31)19(13-30)36-24(23,34)29-21(26)17(11-27-22(29)32)10-16-7-2-3-8-18(16)25/h2-9,11,19-20,30-31,33-35H,10,12-13,26H2,1H3/t19-,20-,23-,24-/m1/s1. The van der Waals surface area contributed by atoms with Crippen molar-refractivity contribution >= 4 is 5.82 Å². The second kappa shape index (κ2) is 9.67. The highest BCUT2D eigenvalue weighted by Gasteiger charge is 2.70. The van der Waals surface area contributed by atoms with E-state index in [0.717, 1.165) is 11.8 Å². The molecule has 1 saturated heterocycles. The molecular formula is C24H27FN4O7. The van der Waals surface area contributed by atoms with Crippen LogP contribution in [0.3, 0.4) is 0 Å². The third-order valence-corrected chi connectivity index (χ3v) is 6.28. The van der Waals surface area contributed by atoms with Gasteiger partial charge in [-0.1, -0.05) is 48.0 Å². The number of nitrogen functional groups attached to an aromatic ring is 1. The molecule has 2 heterocycles. The number of benzene rings is 2. The summed E-state index contributed by atoms with van der Waals surface area (Å²) in [5, 5.41) is 54.8. The zero-order valence-electron chi connectivity index (χ0n) is 19.3. The number of ether oxygens (including phenoxy) is 1. The number of hydrogen-bond acceptors (Lipinski definition) is 10. The summed E-state index contributed by atoms with van der Waals surface area (Å²) in [5.74, 6) is -4.22. The fourth-order valence-corrected chi connectivity index (χ4v) is 4.37. The van der Waals surface area contributed by atoms with Crippen molar-refractivity contribution in [3.05, 3.63) is 93.3 Å². The molecule has 0 bridgehead atoms. The molecule has 3 aromatic rings. The Labute approximate surface area is 205 Å². The number of aliphatic hydroxyl groups is 4. The van der Waals surface area contributed by atoms with Crippen molar-refractivity contribution in [2.45, 2.75) is 43.7 Å². The second-order valence-electron chi connectivity index (χ2n) is 8.72. The van der Waals surface area contributed by atoms with E-state index in [1.54, 1.807) is 37.3 Å². The van der Waals surface area contributed by atoms with Crippen LogP contribution in [0.25, 0.3) is 0 Å². The molecule has 4 atom stereocenters. The summed E-state index contributed by atoms with van der Waals surface area (Å²) in [6.07, 6.45) is -2.79. The summed E-state index contributed by atoms with van der Waals surface area (Å²) in [5.41, 5.74) is 3.51. The Kier molecular flexibility index (Phi) is 6.94. The molecule has 192 valence electrons. The van der Waals surface area contributed by atoms with Crippen LogP contribution in [-0.2, 0) is 23.6 Å². The smallest absolute Gasteiger partial charge is 0.353 e. The number of aliphatic hydroxyl groups excluding tert-OH is 2. The summed E-state index contributed by atoms with van der Waals surface area (Å²) in [7, 11) is 0. The molecular weight excluding hydrogens is 475 g/mol. The summed E-state index contributed by atoms with van der Waals surface area (Å²) in [4.78, 5) is 16.5. The van der Waals surface area contributed by atoms with Crippen LogP contribution in [0.5, 0.6) is 0 Å². The van der Waals surface area contributed by atoms with Gasteiger partial charge >= 0.3 is 11.6 Å². The van der Waals surface area contributed by atoms with Gasteiger partial charge in [0.05, 0.1) is 13.2 Å². The number of rotatable bonds is 7. The zero-order chi connectivity index (χ0) is 26.3. The maximum absolute atomic E-state index is 14.2. The number of nitrogens with zero attached hydrogens (tertiary/aromatic N) is 3. The van der Waals surface area contributed by atoms with Gasteiger partial charge < -0.3 is 36.1 Å². The highest BCUT2D eigenvalue weighted by Crippen LogP contribution is 2.44. The van der Waals surface area contributed by atoms with E-state index in [-0.39, 0.29) is 22.6 Å². The van der Waals surface area contributed by atoms with Crippen LogP contribution in [0, 0.1) is 12.7 Å².